The average Bonchev–Trinajstić information content (AvgIpc) is 2.69. The third-order valence-electron chi connectivity index (χ3n) is 3.96. The van der Waals surface area contributed by atoms with Crippen molar-refractivity contribution in [3.8, 4) is 0 Å². The number of aliphatic imine (C=N–C) groups is 1. The van der Waals surface area contributed by atoms with E-state index in [1.54, 1.807) is 60.3 Å². The molecule has 0 saturated heterocycles. The Morgan fingerprint density at radius 3 is 2.48 bits per heavy atom. The van der Waals surface area contributed by atoms with E-state index in [2.05, 4.69) is 10.3 Å². The van der Waals surface area contributed by atoms with E-state index < -0.39 is 11.8 Å². The van der Waals surface area contributed by atoms with Gasteiger partial charge in [-0.3, -0.25) is 9.79 Å². The second-order valence-corrected chi connectivity index (χ2v) is 6.97. The Balaban J connectivity index is 1.91. The van der Waals surface area contributed by atoms with Gasteiger partial charge < -0.3 is 16.2 Å². The molecule has 2 aromatic rings. The first-order valence-electron chi connectivity index (χ1n) is 8.44. The van der Waals surface area contributed by atoms with Gasteiger partial charge in [-0.15, -0.1) is 0 Å². The van der Waals surface area contributed by atoms with E-state index in [-0.39, 0.29) is 11.3 Å². The molecule has 0 unspecified atom stereocenters. The van der Waals surface area contributed by atoms with Crippen LogP contribution in [0.4, 0.5) is 5.69 Å². The summed E-state index contributed by atoms with van der Waals surface area (Å²) in [6.07, 6.45) is 1.05. The lowest BCUT2D eigenvalue weighted by molar-refractivity contribution is -0.130. The minimum absolute atomic E-state index is 0.203. The van der Waals surface area contributed by atoms with Gasteiger partial charge in [-0.1, -0.05) is 54.2 Å². The Bertz CT molecular complexity index is 923. The Hall–Kier alpha value is -3.06. The molecule has 27 heavy (non-hydrogen) atoms. The fraction of sp³-hybridized carbons (Fsp3) is 0.150. The van der Waals surface area contributed by atoms with Crippen LogP contribution in [0, 0.1) is 0 Å². The van der Waals surface area contributed by atoms with Crippen molar-refractivity contribution in [3.05, 3.63) is 71.4 Å². The number of allylic oxidation sites excluding steroid dienone is 1. The first kappa shape index (κ1) is 18.7. The zero-order chi connectivity index (χ0) is 19.2. The van der Waals surface area contributed by atoms with E-state index in [9.17, 15) is 14.7 Å². The van der Waals surface area contributed by atoms with Crippen LogP contribution < -0.4 is 11.1 Å². The largest absolute Gasteiger partial charge is 0.478 e. The normalized spacial score (nSPS) is 14.7. The molecule has 0 fully saturated rings. The summed E-state index contributed by atoms with van der Waals surface area (Å²) in [5, 5.41) is 13.5. The van der Waals surface area contributed by atoms with Crippen molar-refractivity contribution < 1.29 is 14.7 Å². The third-order valence-corrected chi connectivity index (χ3v) is 4.96. The van der Waals surface area contributed by atoms with Crippen LogP contribution in [0.5, 0.6) is 0 Å². The SMILES string of the molecule is NC(C(=O)c1cccc(NC2=NCCCS2)c1)=C(C(=O)O)c1ccccc1. The highest BCUT2D eigenvalue weighted by Gasteiger charge is 2.21. The van der Waals surface area contributed by atoms with Gasteiger partial charge in [0.2, 0.25) is 5.78 Å². The van der Waals surface area contributed by atoms with Crippen LogP contribution in [0.15, 0.2) is 65.3 Å². The minimum atomic E-state index is -1.24. The zero-order valence-corrected chi connectivity index (χ0v) is 15.3. The lowest BCUT2D eigenvalue weighted by Gasteiger charge is -2.14. The van der Waals surface area contributed by atoms with E-state index in [1.165, 1.54) is 0 Å². The van der Waals surface area contributed by atoms with Gasteiger partial charge in [0.15, 0.2) is 5.17 Å². The number of rotatable bonds is 5. The van der Waals surface area contributed by atoms with E-state index in [0.29, 0.717) is 16.8 Å². The van der Waals surface area contributed by atoms with Crippen molar-refractivity contribution in [2.24, 2.45) is 10.7 Å². The number of nitrogens with one attached hydrogen (secondary N) is 1. The number of carboxylic acid groups (broad SMARTS) is 1. The van der Waals surface area contributed by atoms with Crippen molar-refractivity contribution in [3.63, 3.8) is 0 Å². The molecule has 0 amide bonds. The Morgan fingerprint density at radius 1 is 1.07 bits per heavy atom. The summed E-state index contributed by atoms with van der Waals surface area (Å²) in [5.74, 6) is -0.772. The molecule has 0 bridgehead atoms. The topological polar surface area (TPSA) is 105 Å². The third kappa shape index (κ3) is 4.57. The van der Waals surface area contributed by atoms with Crippen LogP contribution in [0.25, 0.3) is 5.57 Å². The van der Waals surface area contributed by atoms with Gasteiger partial charge in [0.05, 0.1) is 11.3 Å². The number of aliphatic carboxylic acids is 1. The van der Waals surface area contributed by atoms with E-state index in [0.717, 1.165) is 23.9 Å². The maximum absolute atomic E-state index is 12.8. The summed E-state index contributed by atoms with van der Waals surface area (Å²) in [7, 11) is 0. The number of amidine groups is 1. The van der Waals surface area contributed by atoms with Gasteiger partial charge in [-0.2, -0.15) is 0 Å². The molecule has 6 nitrogen and oxygen atoms in total. The highest BCUT2D eigenvalue weighted by Crippen LogP contribution is 2.22. The monoisotopic (exact) mass is 381 g/mol. The van der Waals surface area contributed by atoms with Gasteiger partial charge in [0.25, 0.3) is 0 Å². The van der Waals surface area contributed by atoms with Crippen molar-refractivity contribution in [1.29, 1.82) is 0 Å². The van der Waals surface area contributed by atoms with Crippen LogP contribution in [0.1, 0.15) is 22.3 Å². The average molecular weight is 381 g/mol. The summed E-state index contributed by atoms with van der Waals surface area (Å²) in [6, 6.07) is 15.2. The van der Waals surface area contributed by atoms with Crippen LogP contribution in [0.2, 0.25) is 0 Å². The molecule has 138 valence electrons. The number of carbonyl (C=O) groups excluding carboxylic acids is 1. The highest BCUT2D eigenvalue weighted by molar-refractivity contribution is 8.14. The van der Waals surface area contributed by atoms with E-state index in [4.69, 9.17) is 5.73 Å². The highest BCUT2D eigenvalue weighted by atomic mass is 32.2. The fourth-order valence-corrected chi connectivity index (χ4v) is 3.50. The van der Waals surface area contributed by atoms with E-state index in [1.807, 2.05) is 6.07 Å². The molecule has 3 rings (SSSR count). The fourth-order valence-electron chi connectivity index (χ4n) is 2.66. The number of Topliss-reactive ketones (excluding diaryl/α,β-unsaturated/α-hetero) is 1. The summed E-state index contributed by atoms with van der Waals surface area (Å²) in [4.78, 5) is 28.9. The second kappa shape index (κ2) is 8.55. The molecule has 0 spiro atoms. The molecule has 0 aromatic heterocycles. The Labute approximate surface area is 161 Å². The van der Waals surface area contributed by atoms with Gasteiger partial charge in [0.1, 0.15) is 0 Å². The number of hydrogen-bond acceptors (Lipinski definition) is 6. The van der Waals surface area contributed by atoms with Crippen LogP contribution >= 0.6 is 11.8 Å². The van der Waals surface area contributed by atoms with Gasteiger partial charge >= 0.3 is 5.97 Å². The standard InChI is InChI=1S/C20H19N3O3S/c21-17(16(19(25)26)13-6-2-1-3-7-13)18(24)14-8-4-9-15(12-14)23-20-22-10-5-11-27-20/h1-4,6-9,12H,5,10-11,21H2,(H,22,23)(H,25,26). The number of nitrogens with zero attached hydrogens (tertiary/aromatic N) is 1. The first-order chi connectivity index (χ1) is 13.1. The van der Waals surface area contributed by atoms with Crippen LogP contribution in [-0.2, 0) is 4.79 Å². The molecule has 4 N–H and O–H groups in total. The Morgan fingerprint density at radius 2 is 1.81 bits per heavy atom. The number of ketones is 1. The summed E-state index contributed by atoms with van der Waals surface area (Å²) >= 11 is 1.63. The van der Waals surface area contributed by atoms with E-state index >= 15 is 0 Å². The number of thioether (sulfide) groups is 1. The smallest absolute Gasteiger partial charge is 0.338 e. The lowest BCUT2D eigenvalue weighted by atomic mass is 9.99. The van der Waals surface area contributed by atoms with Gasteiger partial charge in [-0.25, -0.2) is 4.79 Å². The van der Waals surface area contributed by atoms with Crippen LogP contribution in [0.3, 0.4) is 0 Å². The molecule has 0 atom stereocenters. The molecule has 1 heterocycles. The van der Waals surface area contributed by atoms with Crippen molar-refractivity contribution in [2.75, 3.05) is 17.6 Å². The number of benzene rings is 2. The Kier molecular flexibility index (Phi) is 5.93. The quantitative estimate of drug-likeness (QED) is 0.542. The molecule has 0 saturated carbocycles. The number of carbonyl (C=O) groups is 2. The number of hydrogen-bond donors (Lipinski definition) is 3. The molecule has 2 aromatic carbocycles. The predicted octanol–water partition coefficient (Wildman–Crippen LogP) is 3.23. The number of carboxylic acids is 1. The van der Waals surface area contributed by atoms with Crippen LogP contribution in [-0.4, -0.2) is 34.3 Å². The number of anilines is 1. The number of nitrogens with two attached hydrogens (primary N) is 1. The lowest BCUT2D eigenvalue weighted by Crippen LogP contribution is -2.18. The van der Waals surface area contributed by atoms with Gasteiger partial charge in [-0.05, 0) is 24.1 Å². The molecule has 1 aliphatic heterocycles. The maximum atomic E-state index is 12.8. The molecule has 0 radical (unpaired) electrons. The zero-order valence-electron chi connectivity index (χ0n) is 14.5. The molecule has 1 aliphatic rings. The molecule has 7 heteroatoms. The van der Waals surface area contributed by atoms with Crippen molar-refractivity contribution >= 4 is 39.9 Å². The summed E-state index contributed by atoms with van der Waals surface area (Å²) in [6.45, 7) is 0.780. The van der Waals surface area contributed by atoms with Crippen molar-refractivity contribution in [1.82, 2.24) is 0 Å². The minimum Gasteiger partial charge on any atom is -0.478 e. The predicted molar refractivity (Wildman–Crippen MR) is 109 cm³/mol. The van der Waals surface area contributed by atoms with Crippen molar-refractivity contribution in [2.45, 2.75) is 6.42 Å². The van der Waals surface area contributed by atoms with Gasteiger partial charge in [0, 0.05) is 23.5 Å². The molecule has 0 aliphatic carbocycles. The second-order valence-electron chi connectivity index (χ2n) is 5.88. The maximum Gasteiger partial charge on any atom is 0.338 e. The summed E-state index contributed by atoms with van der Waals surface area (Å²) in [5.41, 5.74) is 6.87. The molecular weight excluding hydrogens is 362 g/mol. The molecular formula is C20H19N3O3S. The first-order valence-corrected chi connectivity index (χ1v) is 9.42. The summed E-state index contributed by atoms with van der Waals surface area (Å²) < 4.78 is 0.